The number of carbonyl (C=O) groups is 4. The minimum absolute atomic E-state index is 0.0382. The van der Waals surface area contributed by atoms with Gasteiger partial charge >= 0.3 is 0 Å². The van der Waals surface area contributed by atoms with E-state index in [0.717, 1.165) is 54.5 Å². The summed E-state index contributed by atoms with van der Waals surface area (Å²) in [6.07, 6.45) is 3.40. The molecule has 2 aromatic heterocycles. The molecule has 68 heavy (non-hydrogen) atoms. The van der Waals surface area contributed by atoms with Gasteiger partial charge in [-0.3, -0.25) is 24.4 Å². The number of hydrogen-bond acceptors (Lipinski definition) is 12. The molecule has 1 unspecified atom stereocenters. The van der Waals surface area contributed by atoms with Gasteiger partial charge in [0.2, 0.25) is 15.9 Å². The maximum absolute atomic E-state index is 14.9. The molecule has 3 aliphatic heterocycles. The van der Waals surface area contributed by atoms with Crippen molar-refractivity contribution in [3.8, 4) is 28.1 Å². The average molecular weight is 958 g/mol. The Morgan fingerprint density at radius 3 is 2.53 bits per heavy atom. The van der Waals surface area contributed by atoms with Crippen LogP contribution in [-0.2, 0) is 58.6 Å². The zero-order chi connectivity index (χ0) is 49.5. The Kier molecular flexibility index (Phi) is 14.6. The van der Waals surface area contributed by atoms with Gasteiger partial charge in [0.05, 0.1) is 43.0 Å². The lowest BCUT2D eigenvalue weighted by Gasteiger charge is -2.42. The molecular formula is C50H67N7O10S. The van der Waals surface area contributed by atoms with E-state index >= 15 is 0 Å². The lowest BCUT2D eigenvalue weighted by Crippen LogP contribution is -2.66. The van der Waals surface area contributed by atoms with Crippen LogP contribution in [0.5, 0.6) is 5.75 Å². The number of amides is 3. The van der Waals surface area contributed by atoms with Crippen molar-refractivity contribution in [1.82, 2.24) is 34.5 Å². The van der Waals surface area contributed by atoms with E-state index in [1.165, 1.54) is 25.0 Å². The molecule has 2 saturated heterocycles. The average Bonchev–Trinajstić information content (AvgIpc) is 3.84. The van der Waals surface area contributed by atoms with Gasteiger partial charge in [-0.05, 0) is 103 Å². The third kappa shape index (κ3) is 10.1. The van der Waals surface area contributed by atoms with Crippen LogP contribution < -0.4 is 10.7 Å². The van der Waals surface area contributed by atoms with Crippen LogP contribution in [0.25, 0.3) is 33.3 Å². The number of methoxy groups -OCH3 is 1. The lowest BCUT2D eigenvalue weighted by molar-refractivity contribution is -0.155. The van der Waals surface area contributed by atoms with Crippen LogP contribution in [0.15, 0.2) is 54.7 Å². The van der Waals surface area contributed by atoms with Crippen LogP contribution in [0.4, 0.5) is 0 Å². The number of nitrogens with one attached hydrogen (secondary N) is 2. The highest BCUT2D eigenvalue weighted by molar-refractivity contribution is 7.89. The number of likely N-dealkylation sites (N-methyl/N-ethyl adjacent to an activating group) is 1. The summed E-state index contributed by atoms with van der Waals surface area (Å²) in [5, 5.41) is 28.1. The van der Waals surface area contributed by atoms with Gasteiger partial charge in [-0.15, -0.1) is 0 Å². The molecule has 5 atom stereocenters. The normalized spacial score (nSPS) is 23.5. The Balaban J connectivity index is 1.31. The number of pyridine rings is 1. The van der Waals surface area contributed by atoms with E-state index in [1.807, 2.05) is 38.2 Å². The molecule has 0 saturated carbocycles. The molecule has 3 amide bonds. The largest absolute Gasteiger partial charge is 0.508 e. The van der Waals surface area contributed by atoms with Crippen LogP contribution in [0, 0.1) is 11.3 Å². The summed E-state index contributed by atoms with van der Waals surface area (Å²) in [6.45, 7) is 11.1. The number of hydrogen-bond donors (Lipinski definition) is 4. The number of fused-ring (bicyclic) bond motifs is 6. The molecule has 368 valence electrons. The predicted molar refractivity (Wildman–Crippen MR) is 257 cm³/mol. The Hall–Kier alpha value is -5.24. The predicted octanol–water partition coefficient (Wildman–Crippen LogP) is 4.28. The Bertz CT molecular complexity index is 2690. The smallest absolute Gasteiger partial charge is 0.259 e. The van der Waals surface area contributed by atoms with Gasteiger partial charge in [-0.1, -0.05) is 39.8 Å². The summed E-state index contributed by atoms with van der Waals surface area (Å²) in [6, 6.07) is 12.7. The number of rotatable bonds is 11. The standard InChI is InChI=1S/C50H67N7O10S/c1-10-68(64,65)56-20-17-50(63,27-56)47(62)55(8)43(31(2)3)45(60)52-40-23-33-21-35(24-36(59)22-33)34-14-15-41-38(25-34)39(44(54(41)7)37-13-11-18-51-42(37)32(4)66-9)26-48(5,6)29-67-30-49(28-58)16-12-19-57(53-49)46(40)61/h11,13-15,18,21-22,24-25,28,31-32,40,43,53,59,63H,10,12,16-17,19-20,23,26-27,29-30H2,1-9H3,(H,52,60)/t32-,40-,43-,49?,50+/m0/s1. The number of phenolic OH excluding ortho intramolecular Hbond substituents is 1. The zero-order valence-corrected chi connectivity index (χ0v) is 41.5. The summed E-state index contributed by atoms with van der Waals surface area (Å²) in [4.78, 5) is 62.5. The number of aryl methyl sites for hydroxylation is 1. The number of aldehydes is 1. The van der Waals surface area contributed by atoms with Gasteiger partial charge < -0.3 is 39.3 Å². The van der Waals surface area contributed by atoms with E-state index in [-0.39, 0.29) is 56.8 Å². The van der Waals surface area contributed by atoms with Crippen LogP contribution in [0.3, 0.4) is 0 Å². The highest BCUT2D eigenvalue weighted by Gasteiger charge is 2.50. The molecule has 4 N–H and O–H groups in total. The molecule has 0 aliphatic carbocycles. The number of benzene rings is 2. The van der Waals surface area contributed by atoms with E-state index in [0.29, 0.717) is 30.4 Å². The van der Waals surface area contributed by atoms with E-state index in [1.54, 1.807) is 33.2 Å². The van der Waals surface area contributed by atoms with Crippen molar-refractivity contribution in [1.29, 1.82) is 0 Å². The van der Waals surface area contributed by atoms with E-state index < -0.39 is 68.8 Å². The molecule has 5 heterocycles. The molecule has 18 heteroatoms. The molecule has 0 spiro atoms. The maximum Gasteiger partial charge on any atom is 0.259 e. The molecule has 7 rings (SSSR count). The number of phenols is 1. The van der Waals surface area contributed by atoms with E-state index in [4.69, 9.17) is 14.5 Å². The zero-order valence-electron chi connectivity index (χ0n) is 40.7. The third-order valence-corrected chi connectivity index (χ3v) is 15.7. The number of ether oxygens (including phenoxy) is 2. The van der Waals surface area contributed by atoms with Gasteiger partial charge in [0.1, 0.15) is 29.7 Å². The molecule has 17 nitrogen and oxygen atoms in total. The van der Waals surface area contributed by atoms with Crippen LogP contribution in [0.2, 0.25) is 0 Å². The monoisotopic (exact) mass is 957 g/mol. The number of carbonyl (C=O) groups excluding carboxylic acids is 4. The van der Waals surface area contributed by atoms with Gasteiger partial charge in [0.15, 0.2) is 5.60 Å². The summed E-state index contributed by atoms with van der Waals surface area (Å²) >= 11 is 0. The first-order chi connectivity index (χ1) is 32.1. The molecule has 6 bridgehead atoms. The minimum Gasteiger partial charge on any atom is -0.508 e. The number of aromatic hydroxyl groups is 1. The summed E-state index contributed by atoms with van der Waals surface area (Å²) in [5.41, 5.74) is 6.08. The highest BCUT2D eigenvalue weighted by Crippen LogP contribution is 2.42. The minimum atomic E-state index is -3.70. The van der Waals surface area contributed by atoms with E-state index in [9.17, 15) is 37.8 Å². The van der Waals surface area contributed by atoms with E-state index in [2.05, 4.69) is 41.3 Å². The fourth-order valence-corrected chi connectivity index (χ4v) is 11.4. The van der Waals surface area contributed by atoms with Crippen molar-refractivity contribution >= 4 is 44.9 Å². The summed E-state index contributed by atoms with van der Waals surface area (Å²) < 4.78 is 40.8. The summed E-state index contributed by atoms with van der Waals surface area (Å²) in [7, 11) is 1.38. The molecule has 3 aliphatic rings. The maximum atomic E-state index is 14.9. The quantitative estimate of drug-likeness (QED) is 0.155. The third-order valence-electron chi connectivity index (χ3n) is 13.9. The molecule has 4 aromatic rings. The number of aliphatic hydroxyl groups is 1. The second kappa shape index (κ2) is 19.6. The SMILES string of the molecule is CCS(=O)(=O)N1CC[C@](O)(C(=O)N(C)[C@H](C(=O)N[C@H]2Cc3cc(O)cc(c3)-c3ccc4c(c3)c(c(-c3cccnc3[C@H](C)OC)n4C)CC(C)(C)COCC3(C=O)CCCN(N3)C2=O)C(C)C)C1. The number of hydrazine groups is 1. The Morgan fingerprint density at radius 1 is 1.09 bits per heavy atom. The lowest BCUT2D eigenvalue weighted by atomic mass is 9.84. The number of β-amino-alcohol motifs (C(OH)–C–C–N with tert-alkyl or cyclic N) is 1. The molecular weight excluding hydrogens is 891 g/mol. The van der Waals surface area contributed by atoms with Crippen molar-refractivity contribution in [3.05, 3.63) is 71.5 Å². The van der Waals surface area contributed by atoms with Crippen LogP contribution in [-0.4, -0.2) is 142 Å². The number of aromatic nitrogens is 2. The van der Waals surface area contributed by atoms with Gasteiger partial charge in [-0.2, -0.15) is 4.31 Å². The van der Waals surface area contributed by atoms with Crippen molar-refractivity contribution in [2.24, 2.45) is 18.4 Å². The highest BCUT2D eigenvalue weighted by atomic mass is 32.2. The van der Waals surface area contributed by atoms with Crippen LogP contribution >= 0.6 is 0 Å². The topological polar surface area (TPSA) is 213 Å². The first kappa shape index (κ1) is 50.6. The Morgan fingerprint density at radius 2 is 1.84 bits per heavy atom. The van der Waals surface area contributed by atoms with Crippen molar-refractivity contribution in [2.75, 3.05) is 52.8 Å². The molecule has 0 radical (unpaired) electrons. The molecule has 2 aromatic carbocycles. The van der Waals surface area contributed by atoms with Crippen LogP contribution in [0.1, 0.15) is 83.7 Å². The van der Waals surface area contributed by atoms with Crippen molar-refractivity contribution in [2.45, 2.75) is 103 Å². The van der Waals surface area contributed by atoms with Crippen molar-refractivity contribution < 1.29 is 47.3 Å². The van der Waals surface area contributed by atoms with Crippen molar-refractivity contribution in [3.63, 3.8) is 0 Å². The first-order valence-electron chi connectivity index (χ1n) is 23.4. The first-order valence-corrected chi connectivity index (χ1v) is 25.0. The summed E-state index contributed by atoms with van der Waals surface area (Å²) in [5.74, 6) is -2.83. The molecule has 2 fully saturated rings. The second-order valence-electron chi connectivity index (χ2n) is 20.0. The van der Waals surface area contributed by atoms with Gasteiger partial charge in [0.25, 0.3) is 11.8 Å². The van der Waals surface area contributed by atoms with Gasteiger partial charge in [0, 0.05) is 69.8 Å². The Labute approximate surface area is 399 Å². The van der Waals surface area contributed by atoms with Gasteiger partial charge in [-0.25, -0.2) is 13.8 Å². The fraction of sp³-hybridized carbons (Fsp3) is 0.540. The number of sulfonamides is 1. The number of nitrogens with zero attached hydrogens (tertiary/aromatic N) is 5. The second-order valence-corrected chi connectivity index (χ2v) is 22.3. The fourth-order valence-electron chi connectivity index (χ4n) is 10.2.